The largest absolute Gasteiger partial charge is 0.372 e. The Labute approximate surface area is 241 Å². The van der Waals surface area contributed by atoms with Gasteiger partial charge in [-0.05, 0) is 95.9 Å². The molecule has 0 bridgehead atoms. The first-order chi connectivity index (χ1) is 19.6. The van der Waals surface area contributed by atoms with Crippen LogP contribution in [0, 0.1) is 11.8 Å². The van der Waals surface area contributed by atoms with Gasteiger partial charge in [0.05, 0.1) is 5.92 Å². The van der Waals surface area contributed by atoms with Gasteiger partial charge in [0.15, 0.2) is 5.78 Å². The Hall–Kier alpha value is -3.13. The van der Waals surface area contributed by atoms with E-state index in [-0.39, 0.29) is 11.7 Å². The Bertz CT molecular complexity index is 1330. The summed E-state index contributed by atoms with van der Waals surface area (Å²) in [6.45, 7) is 4.71. The molecule has 1 atom stereocenters. The summed E-state index contributed by atoms with van der Waals surface area (Å²) in [6.07, 6.45) is 26.5. The lowest BCUT2D eigenvalue weighted by molar-refractivity contribution is -0.116. The quantitative estimate of drug-likeness (QED) is 0.356. The molecular formula is C38H45NO. The summed E-state index contributed by atoms with van der Waals surface area (Å²) in [6, 6.07) is 15.7. The van der Waals surface area contributed by atoms with Crippen molar-refractivity contribution < 1.29 is 4.79 Å². The Kier molecular flexibility index (Phi) is 8.51. The van der Waals surface area contributed by atoms with Crippen LogP contribution in [0.1, 0.15) is 92.0 Å². The highest BCUT2D eigenvalue weighted by Crippen LogP contribution is 2.34. The molecule has 1 unspecified atom stereocenters. The minimum atomic E-state index is -0.0964. The van der Waals surface area contributed by atoms with E-state index in [2.05, 4.69) is 78.6 Å². The fourth-order valence-electron chi connectivity index (χ4n) is 7.25. The number of hydrogen-bond acceptors (Lipinski definition) is 2. The number of carbonyl (C=O) groups excluding carboxylic acids is 1. The summed E-state index contributed by atoms with van der Waals surface area (Å²) in [5.41, 5.74) is 9.26. The zero-order chi connectivity index (χ0) is 27.3. The van der Waals surface area contributed by atoms with Crippen LogP contribution >= 0.6 is 0 Å². The minimum absolute atomic E-state index is 0.0964. The first-order valence-corrected chi connectivity index (χ1v) is 15.9. The van der Waals surface area contributed by atoms with E-state index in [9.17, 15) is 4.79 Å². The Morgan fingerprint density at radius 3 is 2.38 bits per heavy atom. The topological polar surface area (TPSA) is 20.3 Å². The lowest BCUT2D eigenvalue weighted by atomic mass is 9.78. The van der Waals surface area contributed by atoms with E-state index in [1.807, 2.05) is 12.2 Å². The van der Waals surface area contributed by atoms with E-state index in [0.29, 0.717) is 0 Å². The first-order valence-electron chi connectivity index (χ1n) is 15.9. The standard InChI is InChI=1S/C38H45NO/c1-28-20-22-39(23-21-28)35-13-7-10-30(15-18-35)24-31-14-16-32-17-19-38(40)37(36(32)26-31)27-34-12-6-5-11-33(34)25-29-8-3-2-4-9-29/h5-6,10-19,26,28-29,37H,2-4,7-9,20-25,27H2,1H3. The van der Waals surface area contributed by atoms with Crippen molar-refractivity contribution in [1.29, 1.82) is 0 Å². The molecular weight excluding hydrogens is 486 g/mol. The number of benzene rings is 2. The van der Waals surface area contributed by atoms with Crippen molar-refractivity contribution in [3.63, 3.8) is 0 Å². The van der Waals surface area contributed by atoms with Crippen LogP contribution in [0.5, 0.6) is 0 Å². The summed E-state index contributed by atoms with van der Waals surface area (Å²) in [7, 11) is 0. The van der Waals surface area contributed by atoms with Gasteiger partial charge >= 0.3 is 0 Å². The highest BCUT2D eigenvalue weighted by molar-refractivity contribution is 6.02. The third-order valence-corrected chi connectivity index (χ3v) is 9.81. The summed E-state index contributed by atoms with van der Waals surface area (Å²) >= 11 is 0. The maximum absolute atomic E-state index is 13.3. The molecule has 4 aliphatic rings. The zero-order valence-corrected chi connectivity index (χ0v) is 24.3. The molecule has 1 heterocycles. The third kappa shape index (κ3) is 6.43. The number of rotatable bonds is 7. The molecule has 0 radical (unpaired) electrons. The fraction of sp³-hybridized carbons (Fsp3) is 0.447. The number of carbonyl (C=O) groups is 1. The van der Waals surface area contributed by atoms with E-state index in [1.54, 1.807) is 0 Å². The second-order valence-electron chi connectivity index (χ2n) is 12.8. The summed E-state index contributed by atoms with van der Waals surface area (Å²) < 4.78 is 0. The molecule has 0 spiro atoms. The number of piperidine rings is 1. The molecule has 2 aromatic carbocycles. The molecule has 2 fully saturated rings. The fourth-order valence-corrected chi connectivity index (χ4v) is 7.25. The molecule has 2 nitrogen and oxygen atoms in total. The molecule has 3 aliphatic carbocycles. The van der Waals surface area contributed by atoms with Crippen molar-refractivity contribution in [3.05, 3.63) is 112 Å². The van der Waals surface area contributed by atoms with Gasteiger partial charge < -0.3 is 4.90 Å². The maximum Gasteiger partial charge on any atom is 0.163 e. The van der Waals surface area contributed by atoms with Gasteiger partial charge in [-0.2, -0.15) is 0 Å². The second kappa shape index (κ2) is 12.6. The van der Waals surface area contributed by atoms with Crippen molar-refractivity contribution in [2.24, 2.45) is 11.8 Å². The molecule has 2 aromatic rings. The van der Waals surface area contributed by atoms with Crippen LogP contribution in [0.15, 0.2) is 84.1 Å². The number of likely N-dealkylation sites (tertiary alicyclic amines) is 1. The average molecular weight is 532 g/mol. The minimum Gasteiger partial charge on any atom is -0.372 e. The van der Waals surface area contributed by atoms with E-state index >= 15 is 0 Å². The predicted octanol–water partition coefficient (Wildman–Crippen LogP) is 8.78. The number of fused-ring (bicyclic) bond motifs is 1. The van der Waals surface area contributed by atoms with Gasteiger partial charge in [-0.3, -0.25) is 4.79 Å². The van der Waals surface area contributed by atoms with Crippen LogP contribution in [0.4, 0.5) is 0 Å². The molecule has 0 N–H and O–H groups in total. The monoisotopic (exact) mass is 531 g/mol. The Balaban J connectivity index is 1.17. The van der Waals surface area contributed by atoms with Gasteiger partial charge in [0.2, 0.25) is 0 Å². The van der Waals surface area contributed by atoms with Crippen LogP contribution in [0.2, 0.25) is 0 Å². The van der Waals surface area contributed by atoms with Crippen LogP contribution in [0.25, 0.3) is 6.08 Å². The molecule has 6 rings (SSSR count). The zero-order valence-electron chi connectivity index (χ0n) is 24.3. The molecule has 0 amide bonds. The highest BCUT2D eigenvalue weighted by atomic mass is 16.1. The molecule has 0 aromatic heterocycles. The lowest BCUT2D eigenvalue weighted by Gasteiger charge is -2.32. The van der Waals surface area contributed by atoms with Gasteiger partial charge in [-0.1, -0.05) is 106 Å². The Morgan fingerprint density at radius 2 is 1.57 bits per heavy atom. The molecule has 2 heteroatoms. The highest BCUT2D eigenvalue weighted by Gasteiger charge is 2.26. The summed E-state index contributed by atoms with van der Waals surface area (Å²) in [5, 5.41) is 0. The van der Waals surface area contributed by atoms with Gasteiger partial charge in [0, 0.05) is 18.8 Å². The van der Waals surface area contributed by atoms with Crippen LogP contribution in [-0.4, -0.2) is 23.8 Å². The van der Waals surface area contributed by atoms with Crippen molar-refractivity contribution in [3.8, 4) is 0 Å². The van der Waals surface area contributed by atoms with E-state index in [4.69, 9.17) is 0 Å². The van der Waals surface area contributed by atoms with Gasteiger partial charge in [0.1, 0.15) is 0 Å². The first kappa shape index (κ1) is 27.1. The number of hydrogen-bond donors (Lipinski definition) is 0. The van der Waals surface area contributed by atoms with Gasteiger partial charge in [0.25, 0.3) is 0 Å². The molecule has 1 aliphatic heterocycles. The van der Waals surface area contributed by atoms with Crippen molar-refractivity contribution in [2.75, 3.05) is 13.1 Å². The molecule has 1 saturated carbocycles. The van der Waals surface area contributed by atoms with Crippen molar-refractivity contribution in [2.45, 2.75) is 83.5 Å². The third-order valence-electron chi connectivity index (χ3n) is 9.81. The SMILES string of the molecule is CC1CCN(C2=CCC=C(Cc3ccc4c(c3)C(Cc3ccccc3CC3CCCCC3)C(=O)C=C4)C=C2)CC1. The number of allylic oxidation sites excluding steroid dienone is 6. The van der Waals surface area contributed by atoms with Crippen molar-refractivity contribution in [1.82, 2.24) is 4.90 Å². The Morgan fingerprint density at radius 1 is 0.800 bits per heavy atom. The van der Waals surface area contributed by atoms with Gasteiger partial charge in [-0.15, -0.1) is 0 Å². The van der Waals surface area contributed by atoms with Crippen LogP contribution in [0.3, 0.4) is 0 Å². The van der Waals surface area contributed by atoms with Gasteiger partial charge in [-0.25, -0.2) is 0 Å². The van der Waals surface area contributed by atoms with E-state index < -0.39 is 0 Å². The average Bonchev–Trinajstić information content (AvgIpc) is 3.22. The van der Waals surface area contributed by atoms with Crippen molar-refractivity contribution >= 4 is 11.9 Å². The summed E-state index contributed by atoms with van der Waals surface area (Å²) in [4.78, 5) is 15.9. The molecule has 40 heavy (non-hydrogen) atoms. The second-order valence-corrected chi connectivity index (χ2v) is 12.8. The normalized spacial score (nSPS) is 22.1. The number of ketones is 1. The smallest absolute Gasteiger partial charge is 0.163 e. The lowest BCUT2D eigenvalue weighted by Crippen LogP contribution is -2.31. The van der Waals surface area contributed by atoms with Crippen LogP contribution < -0.4 is 0 Å². The van der Waals surface area contributed by atoms with E-state index in [1.165, 1.54) is 97.1 Å². The maximum atomic E-state index is 13.3. The number of nitrogens with zero attached hydrogens (tertiary/aromatic N) is 1. The van der Waals surface area contributed by atoms with E-state index in [0.717, 1.165) is 37.5 Å². The van der Waals surface area contributed by atoms with Crippen LogP contribution in [-0.2, 0) is 24.1 Å². The summed E-state index contributed by atoms with van der Waals surface area (Å²) in [5.74, 6) is 1.79. The molecule has 1 saturated heterocycles. The molecule has 208 valence electrons. The predicted molar refractivity (Wildman–Crippen MR) is 167 cm³/mol.